The lowest BCUT2D eigenvalue weighted by Gasteiger charge is -2.05. The molecule has 0 saturated heterocycles. The molecule has 0 bridgehead atoms. The summed E-state index contributed by atoms with van der Waals surface area (Å²) in [7, 11) is 1.68. The topological polar surface area (TPSA) is 39.9 Å². The van der Waals surface area contributed by atoms with E-state index in [1.807, 2.05) is 18.5 Å². The third-order valence-corrected chi connectivity index (χ3v) is 3.11. The summed E-state index contributed by atoms with van der Waals surface area (Å²) in [6, 6.07) is 8.74. The van der Waals surface area contributed by atoms with Crippen LogP contribution in [0.25, 0.3) is 0 Å². The van der Waals surface area contributed by atoms with E-state index in [-0.39, 0.29) is 0 Å². The SMILES string of the molecule is COc1ccc(Cc2nncn2C2CC2)cc1. The van der Waals surface area contributed by atoms with Gasteiger partial charge in [-0.15, -0.1) is 10.2 Å². The van der Waals surface area contributed by atoms with Gasteiger partial charge in [-0.25, -0.2) is 0 Å². The van der Waals surface area contributed by atoms with E-state index >= 15 is 0 Å². The van der Waals surface area contributed by atoms with Crippen LogP contribution in [0.1, 0.15) is 30.3 Å². The van der Waals surface area contributed by atoms with Crippen LogP contribution in [-0.2, 0) is 6.42 Å². The number of aromatic nitrogens is 3. The van der Waals surface area contributed by atoms with Crippen LogP contribution in [0.2, 0.25) is 0 Å². The Bertz CT molecular complexity index is 500. The maximum absolute atomic E-state index is 5.14. The lowest BCUT2D eigenvalue weighted by molar-refractivity contribution is 0.414. The summed E-state index contributed by atoms with van der Waals surface area (Å²) in [6.45, 7) is 0. The maximum Gasteiger partial charge on any atom is 0.137 e. The normalized spacial score (nSPS) is 14.9. The van der Waals surface area contributed by atoms with Crippen molar-refractivity contribution in [2.24, 2.45) is 0 Å². The zero-order valence-electron chi connectivity index (χ0n) is 9.84. The van der Waals surface area contributed by atoms with E-state index in [0.717, 1.165) is 18.0 Å². The Balaban J connectivity index is 1.78. The molecule has 4 nitrogen and oxygen atoms in total. The molecule has 0 amide bonds. The van der Waals surface area contributed by atoms with Gasteiger partial charge in [-0.2, -0.15) is 0 Å². The van der Waals surface area contributed by atoms with Gasteiger partial charge in [0.15, 0.2) is 0 Å². The third-order valence-electron chi connectivity index (χ3n) is 3.11. The van der Waals surface area contributed by atoms with Crippen molar-refractivity contribution in [3.8, 4) is 5.75 Å². The molecular weight excluding hydrogens is 214 g/mol. The summed E-state index contributed by atoms with van der Waals surface area (Å²) in [5.41, 5.74) is 1.24. The molecule has 0 unspecified atom stereocenters. The number of hydrogen-bond donors (Lipinski definition) is 0. The Hall–Kier alpha value is -1.84. The van der Waals surface area contributed by atoms with Crippen LogP contribution in [0.4, 0.5) is 0 Å². The van der Waals surface area contributed by atoms with Gasteiger partial charge in [-0.05, 0) is 30.5 Å². The third kappa shape index (κ3) is 2.16. The Morgan fingerprint density at radius 2 is 2.06 bits per heavy atom. The number of benzene rings is 1. The van der Waals surface area contributed by atoms with E-state index in [2.05, 4.69) is 26.9 Å². The largest absolute Gasteiger partial charge is 0.497 e. The predicted molar refractivity (Wildman–Crippen MR) is 64.1 cm³/mol. The second-order valence-electron chi connectivity index (χ2n) is 4.41. The average Bonchev–Trinajstić information content (AvgIpc) is 3.11. The van der Waals surface area contributed by atoms with Crippen molar-refractivity contribution in [1.82, 2.24) is 14.8 Å². The molecule has 1 saturated carbocycles. The Labute approximate surface area is 100 Å². The molecule has 0 aliphatic heterocycles. The van der Waals surface area contributed by atoms with E-state index in [0.29, 0.717) is 6.04 Å². The second kappa shape index (κ2) is 4.20. The standard InChI is InChI=1S/C13H15N3O/c1-17-12-6-2-10(3-7-12)8-13-15-14-9-16(13)11-4-5-11/h2-3,6-7,9,11H,4-5,8H2,1H3. The first-order valence-electron chi connectivity index (χ1n) is 5.88. The Morgan fingerprint density at radius 3 is 2.71 bits per heavy atom. The molecule has 4 heteroatoms. The molecule has 1 aliphatic rings. The first kappa shape index (κ1) is 10.3. The lowest BCUT2D eigenvalue weighted by Crippen LogP contribution is -2.01. The molecule has 1 aromatic carbocycles. The summed E-state index contributed by atoms with van der Waals surface area (Å²) >= 11 is 0. The Morgan fingerprint density at radius 1 is 1.29 bits per heavy atom. The van der Waals surface area contributed by atoms with Crippen LogP contribution in [0.15, 0.2) is 30.6 Å². The number of nitrogens with zero attached hydrogens (tertiary/aromatic N) is 3. The first-order chi connectivity index (χ1) is 8.36. The first-order valence-corrected chi connectivity index (χ1v) is 5.88. The van der Waals surface area contributed by atoms with Crippen LogP contribution >= 0.6 is 0 Å². The highest BCUT2D eigenvalue weighted by Crippen LogP contribution is 2.35. The molecule has 1 fully saturated rings. The van der Waals surface area contributed by atoms with Gasteiger partial charge in [0.25, 0.3) is 0 Å². The van der Waals surface area contributed by atoms with Crippen molar-refractivity contribution in [2.45, 2.75) is 25.3 Å². The second-order valence-corrected chi connectivity index (χ2v) is 4.41. The van der Waals surface area contributed by atoms with Gasteiger partial charge in [0.1, 0.15) is 17.9 Å². The molecule has 1 aliphatic carbocycles. The highest BCUT2D eigenvalue weighted by molar-refractivity contribution is 5.28. The van der Waals surface area contributed by atoms with Crippen LogP contribution in [0.5, 0.6) is 5.75 Å². The number of ether oxygens (including phenoxy) is 1. The monoisotopic (exact) mass is 229 g/mol. The smallest absolute Gasteiger partial charge is 0.137 e. The number of methoxy groups -OCH3 is 1. The van der Waals surface area contributed by atoms with Gasteiger partial charge in [-0.1, -0.05) is 12.1 Å². The fourth-order valence-corrected chi connectivity index (χ4v) is 1.98. The predicted octanol–water partition coefficient (Wildman–Crippen LogP) is 2.21. The van der Waals surface area contributed by atoms with Gasteiger partial charge in [0.2, 0.25) is 0 Å². The van der Waals surface area contributed by atoms with Crippen molar-refractivity contribution >= 4 is 0 Å². The van der Waals surface area contributed by atoms with Crippen molar-refractivity contribution < 1.29 is 4.74 Å². The van der Waals surface area contributed by atoms with Gasteiger partial charge < -0.3 is 9.30 Å². The zero-order valence-corrected chi connectivity index (χ0v) is 9.84. The molecule has 88 valence electrons. The van der Waals surface area contributed by atoms with E-state index < -0.39 is 0 Å². The van der Waals surface area contributed by atoms with E-state index in [9.17, 15) is 0 Å². The van der Waals surface area contributed by atoms with Crippen LogP contribution < -0.4 is 4.74 Å². The van der Waals surface area contributed by atoms with E-state index in [1.54, 1.807) is 7.11 Å². The van der Waals surface area contributed by atoms with Gasteiger partial charge in [0, 0.05) is 12.5 Å². The summed E-state index contributed by atoms with van der Waals surface area (Å²) in [6.07, 6.45) is 5.19. The number of rotatable bonds is 4. The fraction of sp³-hybridized carbons (Fsp3) is 0.385. The fourth-order valence-electron chi connectivity index (χ4n) is 1.98. The number of hydrogen-bond acceptors (Lipinski definition) is 3. The van der Waals surface area contributed by atoms with Crippen molar-refractivity contribution in [3.05, 3.63) is 42.0 Å². The quantitative estimate of drug-likeness (QED) is 0.807. The minimum absolute atomic E-state index is 0.637. The van der Waals surface area contributed by atoms with Crippen LogP contribution in [-0.4, -0.2) is 21.9 Å². The molecule has 0 spiro atoms. The molecule has 1 aromatic heterocycles. The average molecular weight is 229 g/mol. The molecule has 3 rings (SSSR count). The van der Waals surface area contributed by atoms with Gasteiger partial charge in [-0.3, -0.25) is 0 Å². The maximum atomic E-state index is 5.14. The molecule has 17 heavy (non-hydrogen) atoms. The summed E-state index contributed by atoms with van der Waals surface area (Å²) in [5, 5.41) is 8.20. The highest BCUT2D eigenvalue weighted by atomic mass is 16.5. The van der Waals surface area contributed by atoms with E-state index in [4.69, 9.17) is 4.74 Å². The van der Waals surface area contributed by atoms with Crippen molar-refractivity contribution in [1.29, 1.82) is 0 Å². The Kier molecular flexibility index (Phi) is 2.55. The summed E-state index contributed by atoms with van der Waals surface area (Å²) in [5.74, 6) is 1.94. The molecule has 0 radical (unpaired) electrons. The van der Waals surface area contributed by atoms with Crippen molar-refractivity contribution in [2.75, 3.05) is 7.11 Å². The van der Waals surface area contributed by atoms with Crippen LogP contribution in [0, 0.1) is 0 Å². The molecular formula is C13H15N3O. The molecule has 0 atom stereocenters. The zero-order chi connectivity index (χ0) is 11.7. The lowest BCUT2D eigenvalue weighted by atomic mass is 10.1. The molecule has 2 aromatic rings. The highest BCUT2D eigenvalue weighted by Gasteiger charge is 2.25. The van der Waals surface area contributed by atoms with Crippen molar-refractivity contribution in [3.63, 3.8) is 0 Å². The van der Waals surface area contributed by atoms with Gasteiger partial charge in [0.05, 0.1) is 7.11 Å². The molecule has 1 heterocycles. The summed E-state index contributed by atoms with van der Waals surface area (Å²) in [4.78, 5) is 0. The summed E-state index contributed by atoms with van der Waals surface area (Å²) < 4.78 is 7.34. The van der Waals surface area contributed by atoms with Crippen LogP contribution in [0.3, 0.4) is 0 Å². The minimum Gasteiger partial charge on any atom is -0.497 e. The van der Waals surface area contributed by atoms with Gasteiger partial charge >= 0.3 is 0 Å². The minimum atomic E-state index is 0.637. The van der Waals surface area contributed by atoms with E-state index in [1.165, 1.54) is 18.4 Å². The molecule has 0 N–H and O–H groups in total.